The van der Waals surface area contributed by atoms with E-state index in [1.807, 2.05) is 65.3 Å². The van der Waals surface area contributed by atoms with Crippen LogP contribution < -0.4 is 0 Å². The van der Waals surface area contributed by atoms with Crippen LogP contribution in [0.3, 0.4) is 0 Å². The Bertz CT molecular complexity index is 1060. The molecule has 1 fully saturated rings. The quantitative estimate of drug-likeness (QED) is 0.596. The van der Waals surface area contributed by atoms with Gasteiger partial charge in [-0.25, -0.2) is 9.67 Å². The predicted octanol–water partition coefficient (Wildman–Crippen LogP) is 3.73. The lowest BCUT2D eigenvalue weighted by molar-refractivity contribution is 0.0519. The lowest BCUT2D eigenvalue weighted by Gasteiger charge is -2.38. The number of aromatic nitrogens is 3. The second-order valence-corrected chi connectivity index (χ2v) is 8.13. The first-order valence-electron chi connectivity index (χ1n) is 11.2. The smallest absolute Gasteiger partial charge is 0.257 e. The second-order valence-electron chi connectivity index (χ2n) is 8.13. The van der Waals surface area contributed by atoms with Gasteiger partial charge in [0.15, 0.2) is 5.82 Å². The number of carbonyl (C=O) groups excluding carboxylic acids is 2. The van der Waals surface area contributed by atoms with Crippen LogP contribution in [0.25, 0.3) is 5.82 Å². The minimum absolute atomic E-state index is 0.000586. The molecule has 1 aliphatic rings. The van der Waals surface area contributed by atoms with E-state index in [1.54, 1.807) is 17.1 Å². The van der Waals surface area contributed by atoms with E-state index in [-0.39, 0.29) is 17.9 Å². The highest BCUT2D eigenvalue weighted by atomic mass is 16.2. The van der Waals surface area contributed by atoms with E-state index in [2.05, 4.69) is 17.0 Å². The number of rotatable bonds is 6. The van der Waals surface area contributed by atoms with E-state index >= 15 is 0 Å². The SMILES string of the molecule is CCCN(C(=O)c1cnn(-c2ccccn2)c1C)C1CCN(C(=O)c2ccccc2)CC1. The van der Waals surface area contributed by atoms with Gasteiger partial charge in [-0.15, -0.1) is 0 Å². The number of benzene rings is 1. The van der Waals surface area contributed by atoms with E-state index < -0.39 is 0 Å². The van der Waals surface area contributed by atoms with Crippen molar-refractivity contribution in [2.75, 3.05) is 19.6 Å². The number of likely N-dealkylation sites (tertiary alicyclic amines) is 1. The van der Waals surface area contributed by atoms with E-state index in [9.17, 15) is 9.59 Å². The van der Waals surface area contributed by atoms with Crippen LogP contribution >= 0.6 is 0 Å². The van der Waals surface area contributed by atoms with Gasteiger partial charge in [0, 0.05) is 37.4 Å². The highest BCUT2D eigenvalue weighted by Gasteiger charge is 2.31. The van der Waals surface area contributed by atoms with E-state index in [4.69, 9.17) is 0 Å². The minimum Gasteiger partial charge on any atom is -0.338 e. The molecule has 0 saturated carbocycles. The van der Waals surface area contributed by atoms with Crippen molar-refractivity contribution in [3.63, 3.8) is 0 Å². The molecule has 4 rings (SSSR count). The van der Waals surface area contributed by atoms with Crippen LogP contribution in [-0.4, -0.2) is 62.1 Å². The Morgan fingerprint density at radius 2 is 1.78 bits per heavy atom. The summed E-state index contributed by atoms with van der Waals surface area (Å²) in [6.45, 7) is 5.97. The third kappa shape index (κ3) is 4.42. The number of pyridine rings is 1. The Hall–Kier alpha value is -3.48. The summed E-state index contributed by atoms with van der Waals surface area (Å²) in [6.07, 6.45) is 5.78. The second kappa shape index (κ2) is 9.77. The largest absolute Gasteiger partial charge is 0.338 e. The number of hydrogen-bond acceptors (Lipinski definition) is 4. The van der Waals surface area contributed by atoms with E-state index in [0.717, 1.165) is 25.0 Å². The molecular weight excluding hydrogens is 402 g/mol. The molecule has 0 atom stereocenters. The third-order valence-electron chi connectivity index (χ3n) is 6.05. The van der Waals surface area contributed by atoms with Crippen molar-refractivity contribution in [1.29, 1.82) is 0 Å². The maximum Gasteiger partial charge on any atom is 0.257 e. The first-order chi connectivity index (χ1) is 15.6. The van der Waals surface area contributed by atoms with Gasteiger partial charge in [-0.05, 0) is 50.5 Å². The molecule has 166 valence electrons. The van der Waals surface area contributed by atoms with Crippen molar-refractivity contribution in [2.45, 2.75) is 39.2 Å². The molecule has 7 heteroatoms. The fraction of sp³-hybridized carbons (Fsp3) is 0.360. The normalized spacial score (nSPS) is 14.4. The summed E-state index contributed by atoms with van der Waals surface area (Å²) in [5.74, 6) is 0.753. The lowest BCUT2D eigenvalue weighted by atomic mass is 10.0. The average Bonchev–Trinajstić information content (AvgIpc) is 3.24. The summed E-state index contributed by atoms with van der Waals surface area (Å²) >= 11 is 0. The molecule has 0 unspecified atom stereocenters. The summed E-state index contributed by atoms with van der Waals surface area (Å²) in [6, 6.07) is 15.1. The highest BCUT2D eigenvalue weighted by Crippen LogP contribution is 2.23. The van der Waals surface area contributed by atoms with Crippen LogP contribution in [0.1, 0.15) is 52.6 Å². The number of nitrogens with zero attached hydrogens (tertiary/aromatic N) is 5. The standard InChI is InChI=1S/C25H29N5O2/c1-3-15-29(21-12-16-28(17-13-21)24(31)20-9-5-4-6-10-20)25(32)22-18-27-30(19(22)2)23-11-7-8-14-26-23/h4-11,14,18,21H,3,12-13,15-17H2,1-2H3. The first kappa shape index (κ1) is 21.7. The van der Waals surface area contributed by atoms with Crippen LogP contribution in [0.4, 0.5) is 0 Å². The van der Waals surface area contributed by atoms with Crippen molar-refractivity contribution in [2.24, 2.45) is 0 Å². The molecule has 1 saturated heterocycles. The topological polar surface area (TPSA) is 71.3 Å². The summed E-state index contributed by atoms with van der Waals surface area (Å²) in [5, 5.41) is 4.42. The molecule has 7 nitrogen and oxygen atoms in total. The number of carbonyl (C=O) groups is 2. The molecule has 1 aromatic carbocycles. The van der Waals surface area contributed by atoms with Crippen LogP contribution in [0.5, 0.6) is 0 Å². The summed E-state index contributed by atoms with van der Waals surface area (Å²) in [4.78, 5) is 34.5. The monoisotopic (exact) mass is 431 g/mol. The van der Waals surface area contributed by atoms with E-state index in [0.29, 0.717) is 36.6 Å². The van der Waals surface area contributed by atoms with Crippen molar-refractivity contribution in [3.05, 3.63) is 77.7 Å². The molecule has 3 heterocycles. The molecule has 32 heavy (non-hydrogen) atoms. The van der Waals surface area contributed by atoms with Crippen LogP contribution in [0.15, 0.2) is 60.9 Å². The zero-order valence-electron chi connectivity index (χ0n) is 18.6. The molecule has 0 N–H and O–H groups in total. The number of piperidine rings is 1. The third-order valence-corrected chi connectivity index (χ3v) is 6.05. The molecule has 0 bridgehead atoms. The van der Waals surface area contributed by atoms with Crippen molar-refractivity contribution < 1.29 is 9.59 Å². The molecule has 0 aliphatic carbocycles. The average molecular weight is 432 g/mol. The molecule has 1 aliphatic heterocycles. The summed E-state index contributed by atoms with van der Waals surface area (Å²) < 4.78 is 1.71. The Morgan fingerprint density at radius 3 is 2.44 bits per heavy atom. The van der Waals surface area contributed by atoms with Gasteiger partial charge in [-0.1, -0.05) is 31.2 Å². The lowest BCUT2D eigenvalue weighted by Crippen LogP contribution is -2.49. The Kier molecular flexibility index (Phi) is 6.63. The summed E-state index contributed by atoms with van der Waals surface area (Å²) in [7, 11) is 0. The maximum absolute atomic E-state index is 13.5. The van der Waals surface area contributed by atoms with Gasteiger partial charge < -0.3 is 9.80 Å². The van der Waals surface area contributed by atoms with Gasteiger partial charge in [-0.2, -0.15) is 5.10 Å². The van der Waals surface area contributed by atoms with Crippen LogP contribution in [-0.2, 0) is 0 Å². The Labute approximate surface area is 188 Å². The fourth-order valence-corrected chi connectivity index (χ4v) is 4.32. The Morgan fingerprint density at radius 1 is 1.06 bits per heavy atom. The van der Waals surface area contributed by atoms with Crippen LogP contribution in [0, 0.1) is 6.92 Å². The predicted molar refractivity (Wildman–Crippen MR) is 123 cm³/mol. The number of hydrogen-bond donors (Lipinski definition) is 0. The van der Waals surface area contributed by atoms with Gasteiger partial charge in [0.25, 0.3) is 11.8 Å². The molecule has 2 aromatic heterocycles. The van der Waals surface area contributed by atoms with Gasteiger partial charge in [-0.3, -0.25) is 9.59 Å². The fourth-order valence-electron chi connectivity index (χ4n) is 4.32. The zero-order chi connectivity index (χ0) is 22.5. The Balaban J connectivity index is 1.47. The molecule has 0 spiro atoms. The van der Waals surface area contributed by atoms with Crippen molar-refractivity contribution >= 4 is 11.8 Å². The van der Waals surface area contributed by atoms with Gasteiger partial charge >= 0.3 is 0 Å². The first-order valence-corrected chi connectivity index (χ1v) is 11.2. The molecule has 0 radical (unpaired) electrons. The van der Waals surface area contributed by atoms with E-state index in [1.165, 1.54) is 0 Å². The maximum atomic E-state index is 13.5. The molecule has 2 amide bonds. The molecular formula is C25H29N5O2. The highest BCUT2D eigenvalue weighted by molar-refractivity contribution is 5.96. The van der Waals surface area contributed by atoms with Gasteiger partial charge in [0.05, 0.1) is 17.5 Å². The summed E-state index contributed by atoms with van der Waals surface area (Å²) in [5.41, 5.74) is 2.10. The molecule has 3 aromatic rings. The van der Waals surface area contributed by atoms with Crippen molar-refractivity contribution in [3.8, 4) is 5.82 Å². The minimum atomic E-state index is -0.000586. The van der Waals surface area contributed by atoms with Crippen LogP contribution in [0.2, 0.25) is 0 Å². The van der Waals surface area contributed by atoms with Gasteiger partial charge in [0.1, 0.15) is 0 Å². The number of amides is 2. The zero-order valence-corrected chi connectivity index (χ0v) is 18.6. The van der Waals surface area contributed by atoms with Gasteiger partial charge in [0.2, 0.25) is 0 Å². The van der Waals surface area contributed by atoms with Crippen molar-refractivity contribution in [1.82, 2.24) is 24.6 Å².